The molecule has 1 atom stereocenters. The predicted octanol–water partition coefficient (Wildman–Crippen LogP) is 5.60. The predicted molar refractivity (Wildman–Crippen MR) is 138 cm³/mol. The van der Waals surface area contributed by atoms with Gasteiger partial charge in [0.05, 0.1) is 32.4 Å². The van der Waals surface area contributed by atoms with Crippen molar-refractivity contribution < 1.29 is 28.5 Å². The van der Waals surface area contributed by atoms with E-state index in [1.165, 1.54) is 0 Å². The molecule has 0 aromatic heterocycles. The van der Waals surface area contributed by atoms with Gasteiger partial charge in [-0.25, -0.2) is 0 Å². The van der Waals surface area contributed by atoms with E-state index in [1.54, 1.807) is 44.4 Å². The van der Waals surface area contributed by atoms with Crippen LogP contribution in [0, 0.1) is 0 Å². The number of carbonyl (C=O) groups excluding carboxylic acids is 1. The summed E-state index contributed by atoms with van der Waals surface area (Å²) in [6, 6.07) is 15.7. The Morgan fingerprint density at radius 1 is 0.861 bits per heavy atom. The molecule has 0 radical (unpaired) electrons. The number of carbonyl (C=O) groups is 1. The Balaban J connectivity index is 1.58. The van der Waals surface area contributed by atoms with Gasteiger partial charge in [0, 0.05) is 11.6 Å². The maximum Gasteiger partial charge on any atom is 0.261 e. The molecule has 36 heavy (non-hydrogen) atoms. The molecule has 3 aromatic rings. The molecular weight excluding hydrogens is 505 g/mol. The van der Waals surface area contributed by atoms with E-state index in [0.717, 1.165) is 16.9 Å². The van der Waals surface area contributed by atoms with Crippen LogP contribution in [0.4, 0.5) is 0 Å². The van der Waals surface area contributed by atoms with Crippen LogP contribution in [0.5, 0.6) is 28.7 Å². The molecule has 1 amide bonds. The summed E-state index contributed by atoms with van der Waals surface area (Å²) in [5.74, 6) is 2.84. The highest BCUT2D eigenvalue weighted by atomic mass is 35.5. The molecule has 0 fully saturated rings. The van der Waals surface area contributed by atoms with Crippen molar-refractivity contribution >= 4 is 29.1 Å². The Morgan fingerprint density at radius 3 is 2.22 bits per heavy atom. The molecule has 0 saturated heterocycles. The minimum atomic E-state index is -0.368. The van der Waals surface area contributed by atoms with Crippen molar-refractivity contribution in [3.05, 3.63) is 75.8 Å². The molecule has 0 unspecified atom stereocenters. The summed E-state index contributed by atoms with van der Waals surface area (Å²) in [5, 5.41) is 0.835. The number of benzene rings is 3. The first-order valence-electron chi connectivity index (χ1n) is 11.3. The number of nitrogens with zero attached hydrogens (tertiary/aromatic N) is 1. The summed E-state index contributed by atoms with van der Waals surface area (Å²) in [6.07, 6.45) is 0.655. The van der Waals surface area contributed by atoms with Crippen LogP contribution in [0.2, 0.25) is 10.0 Å². The molecule has 0 saturated carbocycles. The SMILES string of the molecule is COc1ccc(OC[C@@H]2c3cc(OC)c(OC)cc3CCN2C(=O)COc2ccc(Cl)cc2Cl)cc1. The van der Waals surface area contributed by atoms with Gasteiger partial charge in [-0.1, -0.05) is 23.2 Å². The molecule has 0 N–H and O–H groups in total. The second-order valence-corrected chi connectivity index (χ2v) is 8.95. The maximum atomic E-state index is 13.3. The van der Waals surface area contributed by atoms with Crippen LogP contribution in [-0.2, 0) is 11.2 Å². The summed E-state index contributed by atoms with van der Waals surface area (Å²) in [7, 11) is 4.80. The Morgan fingerprint density at radius 2 is 1.56 bits per heavy atom. The van der Waals surface area contributed by atoms with E-state index in [1.807, 2.05) is 36.4 Å². The van der Waals surface area contributed by atoms with Gasteiger partial charge in [0.25, 0.3) is 5.91 Å². The first-order chi connectivity index (χ1) is 17.4. The fraction of sp³-hybridized carbons (Fsp3) is 0.296. The van der Waals surface area contributed by atoms with E-state index in [-0.39, 0.29) is 25.2 Å². The van der Waals surface area contributed by atoms with Gasteiger partial charge in [0.1, 0.15) is 23.9 Å². The van der Waals surface area contributed by atoms with Gasteiger partial charge in [-0.2, -0.15) is 0 Å². The number of rotatable bonds is 9. The molecular formula is C27H27Cl2NO6. The third kappa shape index (κ3) is 5.74. The van der Waals surface area contributed by atoms with Gasteiger partial charge in [-0.05, 0) is 72.1 Å². The van der Waals surface area contributed by atoms with Crippen molar-refractivity contribution in [2.45, 2.75) is 12.5 Å². The maximum absolute atomic E-state index is 13.3. The molecule has 1 aliphatic heterocycles. The number of ether oxygens (including phenoxy) is 5. The number of hydrogen-bond acceptors (Lipinski definition) is 6. The van der Waals surface area contributed by atoms with Crippen LogP contribution in [-0.4, -0.2) is 51.9 Å². The van der Waals surface area contributed by atoms with Crippen molar-refractivity contribution in [1.82, 2.24) is 4.90 Å². The number of halogens is 2. The molecule has 7 nitrogen and oxygen atoms in total. The van der Waals surface area contributed by atoms with Crippen molar-refractivity contribution in [3.63, 3.8) is 0 Å². The monoisotopic (exact) mass is 531 g/mol. The molecule has 1 heterocycles. The highest BCUT2D eigenvalue weighted by Crippen LogP contribution is 2.38. The van der Waals surface area contributed by atoms with Gasteiger partial charge < -0.3 is 28.6 Å². The topological polar surface area (TPSA) is 66.5 Å². The lowest BCUT2D eigenvalue weighted by Crippen LogP contribution is -2.44. The van der Waals surface area contributed by atoms with Crippen molar-refractivity contribution in [2.24, 2.45) is 0 Å². The molecule has 190 valence electrons. The van der Waals surface area contributed by atoms with Crippen LogP contribution >= 0.6 is 23.2 Å². The van der Waals surface area contributed by atoms with E-state index in [2.05, 4.69) is 0 Å². The fourth-order valence-electron chi connectivity index (χ4n) is 4.17. The van der Waals surface area contributed by atoms with E-state index >= 15 is 0 Å². The smallest absolute Gasteiger partial charge is 0.261 e. The normalized spacial score (nSPS) is 14.6. The minimum absolute atomic E-state index is 0.178. The lowest BCUT2D eigenvalue weighted by Gasteiger charge is -2.37. The number of methoxy groups -OCH3 is 3. The Bertz CT molecular complexity index is 1220. The average Bonchev–Trinajstić information content (AvgIpc) is 2.90. The third-order valence-electron chi connectivity index (χ3n) is 6.04. The van der Waals surface area contributed by atoms with Crippen LogP contribution in [0.1, 0.15) is 17.2 Å². The van der Waals surface area contributed by atoms with Gasteiger partial charge in [0.15, 0.2) is 18.1 Å². The second-order valence-electron chi connectivity index (χ2n) is 8.11. The third-order valence-corrected chi connectivity index (χ3v) is 6.57. The van der Waals surface area contributed by atoms with Crippen LogP contribution < -0.4 is 23.7 Å². The zero-order valence-corrected chi connectivity index (χ0v) is 21.8. The first-order valence-corrected chi connectivity index (χ1v) is 12.1. The van der Waals surface area contributed by atoms with E-state index in [0.29, 0.717) is 46.0 Å². The molecule has 1 aliphatic rings. The van der Waals surface area contributed by atoms with Gasteiger partial charge in [0.2, 0.25) is 0 Å². The summed E-state index contributed by atoms with van der Waals surface area (Å²) >= 11 is 12.2. The zero-order valence-electron chi connectivity index (χ0n) is 20.3. The van der Waals surface area contributed by atoms with Gasteiger partial charge in [-0.15, -0.1) is 0 Å². The van der Waals surface area contributed by atoms with Crippen LogP contribution in [0.15, 0.2) is 54.6 Å². The highest BCUT2D eigenvalue weighted by Gasteiger charge is 2.33. The Kier molecular flexibility index (Phi) is 8.33. The summed E-state index contributed by atoms with van der Waals surface area (Å²) in [6.45, 7) is 0.556. The largest absolute Gasteiger partial charge is 0.497 e. The molecule has 4 rings (SSSR count). The molecule has 0 bridgehead atoms. The number of amides is 1. The number of hydrogen-bond donors (Lipinski definition) is 0. The summed E-state index contributed by atoms with van der Waals surface area (Å²) in [5.41, 5.74) is 2.01. The molecule has 9 heteroatoms. The molecule has 3 aromatic carbocycles. The van der Waals surface area contributed by atoms with Gasteiger partial charge >= 0.3 is 0 Å². The lowest BCUT2D eigenvalue weighted by molar-refractivity contribution is -0.137. The minimum Gasteiger partial charge on any atom is -0.497 e. The molecule has 0 spiro atoms. The van der Waals surface area contributed by atoms with Gasteiger partial charge in [-0.3, -0.25) is 4.79 Å². The first kappa shape index (κ1) is 25.8. The Labute approximate surface area is 220 Å². The number of fused-ring (bicyclic) bond motifs is 1. The molecule has 0 aliphatic carbocycles. The average molecular weight is 532 g/mol. The zero-order chi connectivity index (χ0) is 25.7. The van der Waals surface area contributed by atoms with E-state index in [9.17, 15) is 4.79 Å². The highest BCUT2D eigenvalue weighted by molar-refractivity contribution is 6.35. The summed E-state index contributed by atoms with van der Waals surface area (Å²) in [4.78, 5) is 15.1. The standard InChI is InChI=1S/C27H27Cl2NO6/c1-32-19-5-7-20(8-6-19)35-15-23-21-14-26(34-3)25(33-2)12-17(21)10-11-30(23)27(31)16-36-24-9-4-18(28)13-22(24)29/h4-9,12-14,23H,10-11,15-16H2,1-3H3/t23-/m1/s1. The van der Waals surface area contributed by atoms with E-state index in [4.69, 9.17) is 46.9 Å². The van der Waals surface area contributed by atoms with Crippen molar-refractivity contribution in [2.75, 3.05) is 41.1 Å². The van der Waals surface area contributed by atoms with Crippen LogP contribution in [0.3, 0.4) is 0 Å². The van der Waals surface area contributed by atoms with Crippen molar-refractivity contribution in [3.8, 4) is 28.7 Å². The second kappa shape index (κ2) is 11.6. The lowest BCUT2D eigenvalue weighted by atomic mass is 9.92. The van der Waals surface area contributed by atoms with E-state index < -0.39 is 0 Å². The fourth-order valence-corrected chi connectivity index (χ4v) is 4.63. The summed E-state index contributed by atoms with van der Waals surface area (Å²) < 4.78 is 28.1. The van der Waals surface area contributed by atoms with Crippen molar-refractivity contribution in [1.29, 1.82) is 0 Å². The van der Waals surface area contributed by atoms with Crippen LogP contribution in [0.25, 0.3) is 0 Å². The quantitative estimate of drug-likeness (QED) is 0.358. The Hall–Kier alpha value is -3.29.